The van der Waals surface area contributed by atoms with Crippen molar-refractivity contribution in [3.63, 3.8) is 0 Å². The molecule has 4 heteroatoms. The van der Waals surface area contributed by atoms with Gasteiger partial charge in [-0.3, -0.25) is 14.6 Å². The van der Waals surface area contributed by atoms with Crippen LogP contribution in [-0.4, -0.2) is 17.3 Å². The summed E-state index contributed by atoms with van der Waals surface area (Å²) in [6.45, 7) is 4.12. The molecule has 1 aliphatic heterocycles. The predicted octanol–water partition coefficient (Wildman–Crippen LogP) is 4.87. The Morgan fingerprint density at radius 1 is 0.964 bits per heavy atom. The van der Waals surface area contributed by atoms with Gasteiger partial charge in [0.15, 0.2) is 11.6 Å². The number of carbonyl (C=O) groups excluding carboxylic acids is 2. The summed E-state index contributed by atoms with van der Waals surface area (Å²) < 4.78 is 14.1. The molecule has 2 atom stereocenters. The molecule has 2 aromatic carbocycles. The zero-order valence-electron chi connectivity index (χ0n) is 15.8. The maximum absolute atomic E-state index is 14.1. The molecule has 3 nitrogen and oxygen atoms in total. The van der Waals surface area contributed by atoms with E-state index in [0.29, 0.717) is 29.5 Å². The summed E-state index contributed by atoms with van der Waals surface area (Å²) in [5.74, 6) is -1.43. The van der Waals surface area contributed by atoms with E-state index in [2.05, 4.69) is 13.8 Å². The number of ketones is 2. The molecule has 0 fully saturated rings. The lowest BCUT2D eigenvalue weighted by molar-refractivity contribution is -0.118. The van der Waals surface area contributed by atoms with E-state index in [-0.39, 0.29) is 22.8 Å². The maximum atomic E-state index is 14.1. The molecule has 0 unspecified atom stereocenters. The van der Waals surface area contributed by atoms with Crippen molar-refractivity contribution in [3.8, 4) is 0 Å². The third kappa shape index (κ3) is 2.44. The van der Waals surface area contributed by atoms with E-state index in [1.165, 1.54) is 12.1 Å². The monoisotopic (exact) mass is 373 g/mol. The van der Waals surface area contributed by atoms with Crippen LogP contribution in [0.1, 0.15) is 54.1 Å². The normalized spacial score (nSPS) is 25.2. The SMILES string of the molecule is CC1(C)CC(=O)C2=C(C1)N=C1c3ccccc3C(=O)[C@H]1[C@H]2c1cccc(F)c1. The number of halogens is 1. The summed E-state index contributed by atoms with van der Waals surface area (Å²) in [5.41, 5.74) is 4.03. The minimum atomic E-state index is -0.567. The first-order valence-corrected chi connectivity index (χ1v) is 9.60. The summed E-state index contributed by atoms with van der Waals surface area (Å²) in [6.07, 6.45) is 1.09. The Morgan fingerprint density at radius 3 is 2.46 bits per heavy atom. The molecule has 0 saturated carbocycles. The number of hydrogen-bond donors (Lipinski definition) is 0. The highest BCUT2D eigenvalue weighted by Gasteiger charge is 2.50. The fourth-order valence-electron chi connectivity index (χ4n) is 4.95. The third-order valence-corrected chi connectivity index (χ3v) is 6.05. The first-order chi connectivity index (χ1) is 13.4. The quantitative estimate of drug-likeness (QED) is 0.716. The molecule has 2 aromatic rings. The lowest BCUT2D eigenvalue weighted by Gasteiger charge is -2.38. The molecule has 0 amide bonds. The first kappa shape index (κ1) is 17.2. The molecule has 0 spiro atoms. The van der Waals surface area contributed by atoms with E-state index in [4.69, 9.17) is 4.99 Å². The number of nitrogens with zero attached hydrogens (tertiary/aromatic N) is 1. The Kier molecular flexibility index (Phi) is 3.57. The highest BCUT2D eigenvalue weighted by atomic mass is 19.1. The molecule has 28 heavy (non-hydrogen) atoms. The van der Waals surface area contributed by atoms with Crippen molar-refractivity contribution >= 4 is 17.3 Å². The van der Waals surface area contributed by atoms with Gasteiger partial charge in [0.1, 0.15) is 5.82 Å². The van der Waals surface area contributed by atoms with Crippen LogP contribution in [0.2, 0.25) is 0 Å². The van der Waals surface area contributed by atoms with Gasteiger partial charge in [0.05, 0.1) is 11.6 Å². The highest BCUT2D eigenvalue weighted by Crippen LogP contribution is 2.51. The van der Waals surface area contributed by atoms with Crippen LogP contribution in [0.3, 0.4) is 0 Å². The lowest BCUT2D eigenvalue weighted by Crippen LogP contribution is -2.37. The molecule has 0 bridgehead atoms. The van der Waals surface area contributed by atoms with Crippen LogP contribution in [0.5, 0.6) is 0 Å². The summed E-state index contributed by atoms with van der Waals surface area (Å²) in [6, 6.07) is 13.7. The van der Waals surface area contributed by atoms with Crippen LogP contribution in [-0.2, 0) is 4.79 Å². The zero-order valence-corrected chi connectivity index (χ0v) is 15.8. The standard InChI is InChI=1S/C24H20FNO2/c1-24(2)11-17-20(18(27)12-24)19(13-6-5-7-14(25)10-13)21-22(26-17)15-8-3-4-9-16(15)23(21)28/h3-10,19,21H,11-12H2,1-2H3/t19-,21-/m0/s1. The summed E-state index contributed by atoms with van der Waals surface area (Å²) in [4.78, 5) is 31.3. The molecule has 0 N–H and O–H groups in total. The first-order valence-electron chi connectivity index (χ1n) is 9.60. The number of Topliss-reactive ketones (excluding diaryl/α,β-unsaturated/α-hetero) is 2. The van der Waals surface area contributed by atoms with Crippen molar-refractivity contribution in [2.45, 2.75) is 32.6 Å². The molecule has 2 aliphatic carbocycles. The molecular formula is C24H20FNO2. The molecule has 0 aromatic heterocycles. The summed E-state index contributed by atoms with van der Waals surface area (Å²) >= 11 is 0. The van der Waals surface area contributed by atoms with Crippen LogP contribution < -0.4 is 0 Å². The Bertz CT molecular complexity index is 1110. The maximum Gasteiger partial charge on any atom is 0.173 e. The van der Waals surface area contributed by atoms with Gasteiger partial charge in [0, 0.05) is 34.7 Å². The van der Waals surface area contributed by atoms with Crippen molar-refractivity contribution in [3.05, 3.63) is 82.3 Å². The molecule has 5 rings (SSSR count). The Morgan fingerprint density at radius 2 is 1.71 bits per heavy atom. The van der Waals surface area contributed by atoms with Gasteiger partial charge in [0.2, 0.25) is 0 Å². The number of rotatable bonds is 1. The molecule has 0 saturated heterocycles. The van der Waals surface area contributed by atoms with E-state index in [1.54, 1.807) is 6.07 Å². The smallest absolute Gasteiger partial charge is 0.173 e. The van der Waals surface area contributed by atoms with Crippen LogP contribution in [0, 0.1) is 17.2 Å². The lowest BCUT2D eigenvalue weighted by atomic mass is 9.66. The van der Waals surface area contributed by atoms with Crippen LogP contribution in [0.4, 0.5) is 4.39 Å². The number of allylic oxidation sites excluding steroid dienone is 2. The van der Waals surface area contributed by atoms with Crippen LogP contribution in [0.25, 0.3) is 0 Å². The van der Waals surface area contributed by atoms with Crippen molar-refractivity contribution < 1.29 is 14.0 Å². The zero-order chi connectivity index (χ0) is 19.6. The Balaban J connectivity index is 1.78. The van der Waals surface area contributed by atoms with Crippen molar-refractivity contribution in [1.29, 1.82) is 0 Å². The van der Waals surface area contributed by atoms with Crippen molar-refractivity contribution in [2.24, 2.45) is 16.3 Å². The Labute approximate surface area is 163 Å². The summed E-state index contributed by atoms with van der Waals surface area (Å²) in [5, 5.41) is 0. The molecule has 0 radical (unpaired) electrons. The van der Waals surface area contributed by atoms with Crippen molar-refractivity contribution in [2.75, 3.05) is 0 Å². The number of hydrogen-bond acceptors (Lipinski definition) is 3. The van der Waals surface area contributed by atoms with E-state index < -0.39 is 11.8 Å². The van der Waals surface area contributed by atoms with Crippen LogP contribution >= 0.6 is 0 Å². The second-order valence-corrected chi connectivity index (χ2v) is 8.72. The predicted molar refractivity (Wildman–Crippen MR) is 105 cm³/mol. The van der Waals surface area contributed by atoms with Gasteiger partial charge in [-0.25, -0.2) is 4.39 Å². The van der Waals surface area contributed by atoms with Gasteiger partial charge < -0.3 is 0 Å². The number of benzene rings is 2. The molecule has 140 valence electrons. The third-order valence-electron chi connectivity index (χ3n) is 6.05. The van der Waals surface area contributed by atoms with Gasteiger partial charge >= 0.3 is 0 Å². The van der Waals surface area contributed by atoms with Gasteiger partial charge in [-0.05, 0) is 29.5 Å². The van der Waals surface area contributed by atoms with Gasteiger partial charge in [-0.2, -0.15) is 0 Å². The van der Waals surface area contributed by atoms with Crippen molar-refractivity contribution in [1.82, 2.24) is 0 Å². The number of fused-ring (bicyclic) bond motifs is 3. The fourth-order valence-corrected chi connectivity index (χ4v) is 4.95. The van der Waals surface area contributed by atoms with Gasteiger partial charge in [0.25, 0.3) is 0 Å². The average molecular weight is 373 g/mol. The average Bonchev–Trinajstić information content (AvgIpc) is 2.92. The van der Waals surface area contributed by atoms with Crippen LogP contribution in [0.15, 0.2) is 64.8 Å². The highest BCUT2D eigenvalue weighted by molar-refractivity contribution is 6.30. The van der Waals surface area contributed by atoms with E-state index >= 15 is 0 Å². The second-order valence-electron chi connectivity index (χ2n) is 8.72. The topological polar surface area (TPSA) is 46.5 Å². The minimum Gasteiger partial charge on any atom is -0.294 e. The van der Waals surface area contributed by atoms with E-state index in [0.717, 1.165) is 17.0 Å². The van der Waals surface area contributed by atoms with E-state index in [9.17, 15) is 14.0 Å². The minimum absolute atomic E-state index is 0.0204. The number of aliphatic imine (C=N–C) groups is 1. The Hall–Kier alpha value is -2.88. The fraction of sp³-hybridized carbons (Fsp3) is 0.292. The van der Waals surface area contributed by atoms with E-state index in [1.807, 2.05) is 30.3 Å². The van der Waals surface area contributed by atoms with Gasteiger partial charge in [-0.15, -0.1) is 0 Å². The summed E-state index contributed by atoms with van der Waals surface area (Å²) in [7, 11) is 0. The molecule has 1 heterocycles. The second kappa shape index (κ2) is 5.81. The largest absolute Gasteiger partial charge is 0.294 e. The number of carbonyl (C=O) groups is 2. The molecular weight excluding hydrogens is 353 g/mol. The molecule has 3 aliphatic rings. The van der Waals surface area contributed by atoms with Gasteiger partial charge in [-0.1, -0.05) is 50.2 Å².